The zero-order chi connectivity index (χ0) is 33.5. The molecule has 45 heavy (non-hydrogen) atoms. The van der Waals surface area contributed by atoms with E-state index >= 15 is 0 Å². The van der Waals surface area contributed by atoms with Gasteiger partial charge in [0.25, 0.3) is 0 Å². The molecule has 0 amide bonds. The molecule has 0 N–H and O–H groups in total. The fourth-order valence-corrected chi connectivity index (χ4v) is 10.4. The third-order valence-corrected chi connectivity index (χ3v) is 13.1. The number of ether oxygens (including phenoxy) is 1. The second-order valence-electron chi connectivity index (χ2n) is 12.8. The summed E-state index contributed by atoms with van der Waals surface area (Å²) in [7, 11) is -3.27. The fourth-order valence-electron chi connectivity index (χ4n) is 7.97. The van der Waals surface area contributed by atoms with E-state index in [9.17, 15) is 1.37 Å². The van der Waals surface area contributed by atoms with Gasteiger partial charge in [0.05, 0.1) is 0 Å². The summed E-state index contributed by atoms with van der Waals surface area (Å²) < 4.78 is 43.3. The van der Waals surface area contributed by atoms with Crippen molar-refractivity contribution >= 4 is 18.4 Å². The minimum Gasteiger partial charge on any atom is -0.457 e. The van der Waals surface area contributed by atoms with Crippen molar-refractivity contribution in [2.24, 2.45) is 0 Å². The summed E-state index contributed by atoms with van der Waals surface area (Å²) in [6, 6.07) is 44.2. The highest BCUT2D eigenvalue weighted by Crippen LogP contribution is 2.52. The first-order valence-corrected chi connectivity index (χ1v) is 18.6. The number of fused-ring (bicyclic) bond motifs is 10. The van der Waals surface area contributed by atoms with Crippen LogP contribution < -0.4 is 15.1 Å². The molecular weight excluding hydrogens is 561 g/mol. The lowest BCUT2D eigenvalue weighted by atomic mass is 9.77. The van der Waals surface area contributed by atoms with Crippen LogP contribution >= 0.6 is 0 Å². The molecule has 0 saturated heterocycles. The van der Waals surface area contributed by atoms with Gasteiger partial charge in [0.1, 0.15) is 19.6 Å². The van der Waals surface area contributed by atoms with E-state index < -0.39 is 20.4 Å². The number of para-hydroxylation sites is 2. The predicted octanol–water partition coefficient (Wildman–Crippen LogP) is 10.9. The van der Waals surface area contributed by atoms with Crippen LogP contribution in [0.4, 0.5) is 0 Å². The average molecular weight is 601 g/mol. The van der Waals surface area contributed by atoms with Gasteiger partial charge in [-0.15, -0.1) is 0 Å². The Morgan fingerprint density at radius 2 is 1.04 bits per heavy atom. The maximum Gasteiger partial charge on any atom is 0.134 e. The van der Waals surface area contributed by atoms with Crippen LogP contribution in [0.1, 0.15) is 42.6 Å². The third-order valence-electron chi connectivity index (χ3n) is 10.2. The molecule has 9 rings (SSSR count). The highest BCUT2D eigenvalue weighted by atomic mass is 28.3. The number of rotatable bonds is 2. The molecule has 0 bridgehead atoms. The van der Waals surface area contributed by atoms with Crippen molar-refractivity contribution in [3.63, 3.8) is 0 Å². The molecule has 1 fully saturated rings. The van der Waals surface area contributed by atoms with E-state index in [4.69, 9.17) is 8.85 Å². The van der Waals surface area contributed by atoms with Crippen LogP contribution in [0.2, 0.25) is 13.0 Å². The summed E-state index contributed by atoms with van der Waals surface area (Å²) in [4.78, 5) is 0. The van der Waals surface area contributed by atoms with E-state index in [1.165, 1.54) is 16.7 Å². The molecule has 2 heteroatoms. The van der Waals surface area contributed by atoms with Crippen LogP contribution in [0.3, 0.4) is 0 Å². The molecule has 1 aliphatic heterocycles. The minimum absolute atomic E-state index is 0.623. The van der Waals surface area contributed by atoms with E-state index in [1.54, 1.807) is 0 Å². The minimum atomic E-state index is -3.27. The van der Waals surface area contributed by atoms with Crippen LogP contribution in [0.25, 0.3) is 55.6 Å². The van der Waals surface area contributed by atoms with E-state index in [-0.39, 0.29) is 0 Å². The van der Waals surface area contributed by atoms with Crippen molar-refractivity contribution in [3.05, 3.63) is 133 Å². The molecule has 1 atom stereocenters. The molecule has 3 aliphatic rings. The van der Waals surface area contributed by atoms with Gasteiger partial charge in [0.2, 0.25) is 0 Å². The SMILES string of the molecule is [2H]C1(c2cc3c(cc2-c2cccc4c2Oc2ccccc2[Si]4(C)C([2H])([2H])[2H])-c2ccccc2-c2ccccc2-c2ccccc2-3)CCCC1. The molecule has 0 aromatic heterocycles. The van der Waals surface area contributed by atoms with Crippen molar-refractivity contribution in [1.29, 1.82) is 0 Å². The molecular formula is C43H36OSi. The molecule has 6 aromatic rings. The largest absolute Gasteiger partial charge is 0.457 e. The van der Waals surface area contributed by atoms with Crippen molar-refractivity contribution in [1.82, 2.24) is 0 Å². The second-order valence-corrected chi connectivity index (χ2v) is 16.1. The van der Waals surface area contributed by atoms with Crippen molar-refractivity contribution in [3.8, 4) is 67.1 Å². The van der Waals surface area contributed by atoms with Crippen LogP contribution in [0.5, 0.6) is 11.5 Å². The summed E-state index contributed by atoms with van der Waals surface area (Å²) in [5.74, 6) is 0.469. The summed E-state index contributed by atoms with van der Waals surface area (Å²) in [6.45, 7) is -0.230. The normalized spacial score (nSPS) is 20.1. The summed E-state index contributed by atoms with van der Waals surface area (Å²) in [5, 5.41) is 1.58. The molecule has 1 heterocycles. The zero-order valence-corrected chi connectivity index (χ0v) is 26.4. The first-order valence-electron chi connectivity index (χ1n) is 18.1. The Kier molecular flexibility index (Phi) is 5.16. The lowest BCUT2D eigenvalue weighted by Gasteiger charge is -2.34. The first kappa shape index (κ1) is 22.8. The van der Waals surface area contributed by atoms with E-state index in [0.717, 1.165) is 80.6 Å². The van der Waals surface area contributed by atoms with Gasteiger partial charge in [-0.05, 0) is 103 Å². The molecule has 1 unspecified atom stereocenters. The summed E-state index contributed by atoms with van der Waals surface area (Å²) >= 11 is 0. The average Bonchev–Trinajstić information content (AvgIpc) is 3.57. The Morgan fingerprint density at radius 1 is 0.556 bits per heavy atom. The lowest BCUT2D eigenvalue weighted by Crippen LogP contribution is -2.56. The van der Waals surface area contributed by atoms with Crippen LogP contribution in [0, 0.1) is 0 Å². The summed E-state index contributed by atoms with van der Waals surface area (Å²) in [5.41, 5.74) is 12.0. The second kappa shape index (κ2) is 10.2. The molecule has 6 aromatic carbocycles. The van der Waals surface area contributed by atoms with Gasteiger partial charge in [-0.3, -0.25) is 0 Å². The third kappa shape index (κ3) is 4.05. The number of hydrogen-bond acceptors (Lipinski definition) is 1. The maximum absolute atomic E-state index is 9.99. The highest BCUT2D eigenvalue weighted by molar-refractivity contribution is 7.01. The van der Waals surface area contributed by atoms with Crippen LogP contribution in [0.15, 0.2) is 127 Å². The fraction of sp³-hybridized carbons (Fsp3) is 0.163. The van der Waals surface area contributed by atoms with Gasteiger partial charge >= 0.3 is 0 Å². The molecule has 1 saturated carbocycles. The smallest absolute Gasteiger partial charge is 0.134 e. The monoisotopic (exact) mass is 600 g/mol. The van der Waals surface area contributed by atoms with Crippen LogP contribution in [-0.4, -0.2) is 8.07 Å². The lowest BCUT2D eigenvalue weighted by molar-refractivity contribution is 0.488. The number of benzene rings is 6. The Hall–Kier alpha value is -4.66. The van der Waals surface area contributed by atoms with Crippen molar-refractivity contribution in [2.75, 3.05) is 0 Å². The van der Waals surface area contributed by atoms with Gasteiger partial charge in [-0.2, -0.15) is 0 Å². The Balaban J connectivity index is 1.39. The predicted molar refractivity (Wildman–Crippen MR) is 192 cm³/mol. The Bertz CT molecular complexity index is 2300. The Labute approximate surface area is 272 Å². The quantitative estimate of drug-likeness (QED) is 0.179. The Morgan fingerprint density at radius 3 is 1.64 bits per heavy atom. The molecule has 218 valence electrons. The van der Waals surface area contributed by atoms with Gasteiger partial charge < -0.3 is 4.74 Å². The standard InChI is InChI=1S/C43H36OSi/c1-45(2)41-24-12-11-23-40(41)44-43-35(22-13-25-42(43)45)39-27-38-34-21-10-8-19-32(34)30-17-6-5-16-29(30)31-18-7-9-20-33(31)37(38)26-36(39)28-14-3-4-15-28/h5-13,16-28H,3-4,14-15H2,1-2H3/i1D3,28D. The zero-order valence-electron chi connectivity index (χ0n) is 29.4. The topological polar surface area (TPSA) is 9.23 Å². The number of hydrogen-bond donors (Lipinski definition) is 0. The molecule has 0 spiro atoms. The highest BCUT2D eigenvalue weighted by Gasteiger charge is 2.38. The van der Waals surface area contributed by atoms with Gasteiger partial charge in [-0.1, -0.05) is 135 Å². The molecule has 1 nitrogen and oxygen atoms in total. The van der Waals surface area contributed by atoms with E-state index in [0.29, 0.717) is 11.5 Å². The van der Waals surface area contributed by atoms with Crippen LogP contribution in [-0.2, 0) is 0 Å². The van der Waals surface area contributed by atoms with Gasteiger partial charge in [-0.25, -0.2) is 0 Å². The summed E-state index contributed by atoms with van der Waals surface area (Å²) in [6.07, 6.45) is 3.57. The maximum atomic E-state index is 9.99. The van der Waals surface area contributed by atoms with Gasteiger partial charge in [0, 0.05) is 11.0 Å². The first-order chi connectivity index (χ1) is 23.7. The van der Waals surface area contributed by atoms with Crippen molar-refractivity contribution in [2.45, 2.75) is 44.6 Å². The van der Waals surface area contributed by atoms with Crippen molar-refractivity contribution < 1.29 is 10.2 Å². The van der Waals surface area contributed by atoms with E-state index in [2.05, 4.69) is 91.0 Å². The molecule has 0 radical (unpaired) electrons. The molecule has 2 aliphatic carbocycles. The van der Waals surface area contributed by atoms with E-state index in [1.807, 2.05) is 42.9 Å². The van der Waals surface area contributed by atoms with Gasteiger partial charge in [0.15, 0.2) is 0 Å².